The van der Waals surface area contributed by atoms with Crippen molar-refractivity contribution in [2.24, 2.45) is 0 Å². The van der Waals surface area contributed by atoms with Crippen LogP contribution in [0.4, 0.5) is 13.2 Å². The molecule has 0 amide bonds. The summed E-state index contributed by atoms with van der Waals surface area (Å²) in [5, 5.41) is 10.2. The number of nitrogens with zero attached hydrogens (tertiary/aromatic N) is 2. The molecule has 1 N–H and O–H groups in total. The summed E-state index contributed by atoms with van der Waals surface area (Å²) in [5.74, 6) is 0. The molecule has 0 aliphatic rings. The van der Waals surface area contributed by atoms with E-state index in [4.69, 9.17) is 23.2 Å². The van der Waals surface area contributed by atoms with E-state index in [2.05, 4.69) is 4.98 Å². The van der Waals surface area contributed by atoms with Gasteiger partial charge in [0.05, 0.1) is 33.6 Å². The van der Waals surface area contributed by atoms with Crippen molar-refractivity contribution in [2.45, 2.75) is 12.8 Å². The van der Waals surface area contributed by atoms with Gasteiger partial charge in [-0.25, -0.2) is 4.98 Å². The molecule has 3 nitrogen and oxygen atoms in total. The van der Waals surface area contributed by atoms with Crippen LogP contribution in [-0.4, -0.2) is 14.5 Å². The summed E-state index contributed by atoms with van der Waals surface area (Å²) < 4.78 is 39.8. The number of aliphatic hydroxyl groups is 1. The molecule has 0 aliphatic heterocycles. The van der Waals surface area contributed by atoms with E-state index in [0.29, 0.717) is 26.9 Å². The Bertz CT molecular complexity index is 890. The second-order valence-corrected chi connectivity index (χ2v) is 5.65. The van der Waals surface area contributed by atoms with Crippen molar-refractivity contribution in [2.75, 3.05) is 0 Å². The quantitative estimate of drug-likeness (QED) is 0.711. The highest BCUT2D eigenvalue weighted by Gasteiger charge is 2.31. The van der Waals surface area contributed by atoms with E-state index in [1.165, 1.54) is 10.5 Å². The number of benzene rings is 1. The average Bonchev–Trinajstić information content (AvgIpc) is 2.86. The average molecular weight is 361 g/mol. The number of pyridine rings is 1. The molecule has 0 bridgehead atoms. The van der Waals surface area contributed by atoms with Crippen LogP contribution in [0.1, 0.15) is 11.3 Å². The van der Waals surface area contributed by atoms with Gasteiger partial charge in [0, 0.05) is 11.8 Å². The Hall–Kier alpha value is -1.76. The van der Waals surface area contributed by atoms with Gasteiger partial charge in [0.25, 0.3) is 0 Å². The normalized spacial score (nSPS) is 12.1. The molecular weight excluding hydrogens is 352 g/mol. The molecule has 0 saturated heterocycles. The van der Waals surface area contributed by atoms with Crippen LogP contribution < -0.4 is 0 Å². The first-order valence-corrected chi connectivity index (χ1v) is 7.21. The van der Waals surface area contributed by atoms with Crippen molar-refractivity contribution in [3.63, 3.8) is 0 Å². The SMILES string of the molecule is OCc1c(-c2ccc(Cl)c(Cl)c2)nc2ccc(C(F)(F)F)cn12. The lowest BCUT2D eigenvalue weighted by molar-refractivity contribution is -0.137. The van der Waals surface area contributed by atoms with Crippen LogP contribution in [0.5, 0.6) is 0 Å². The van der Waals surface area contributed by atoms with Crippen LogP contribution >= 0.6 is 23.2 Å². The predicted octanol–water partition coefficient (Wildman–Crippen LogP) is 4.82. The molecule has 0 unspecified atom stereocenters. The second-order valence-electron chi connectivity index (χ2n) is 4.84. The van der Waals surface area contributed by atoms with E-state index >= 15 is 0 Å². The van der Waals surface area contributed by atoms with Gasteiger partial charge < -0.3 is 9.51 Å². The summed E-state index contributed by atoms with van der Waals surface area (Å²) in [6, 6.07) is 6.95. The maximum absolute atomic E-state index is 12.9. The highest BCUT2D eigenvalue weighted by atomic mass is 35.5. The summed E-state index contributed by atoms with van der Waals surface area (Å²) in [7, 11) is 0. The molecule has 3 rings (SSSR count). The van der Waals surface area contributed by atoms with Gasteiger partial charge in [-0.2, -0.15) is 13.2 Å². The molecule has 3 aromatic rings. The van der Waals surface area contributed by atoms with Gasteiger partial charge in [-0.15, -0.1) is 0 Å². The number of rotatable bonds is 2. The van der Waals surface area contributed by atoms with Crippen LogP contribution in [0, 0.1) is 0 Å². The fraction of sp³-hybridized carbons (Fsp3) is 0.133. The van der Waals surface area contributed by atoms with Gasteiger partial charge >= 0.3 is 6.18 Å². The number of hydrogen-bond acceptors (Lipinski definition) is 2. The van der Waals surface area contributed by atoms with Gasteiger partial charge in [-0.1, -0.05) is 29.3 Å². The van der Waals surface area contributed by atoms with Crippen molar-refractivity contribution in [3.05, 3.63) is 57.8 Å². The molecule has 0 fully saturated rings. The van der Waals surface area contributed by atoms with Gasteiger partial charge in [0.2, 0.25) is 0 Å². The van der Waals surface area contributed by atoms with Crippen LogP contribution in [0.3, 0.4) is 0 Å². The molecule has 1 aromatic carbocycles. The lowest BCUT2D eigenvalue weighted by atomic mass is 10.1. The molecule has 0 atom stereocenters. The molecule has 8 heteroatoms. The fourth-order valence-electron chi connectivity index (χ4n) is 2.29. The minimum absolute atomic E-state index is 0.240. The third-order valence-corrected chi connectivity index (χ3v) is 4.13. The first-order valence-electron chi connectivity index (χ1n) is 6.45. The Morgan fingerprint density at radius 3 is 2.43 bits per heavy atom. The summed E-state index contributed by atoms with van der Waals surface area (Å²) in [5.41, 5.74) is 0.622. The van der Waals surface area contributed by atoms with Crippen LogP contribution in [-0.2, 0) is 12.8 Å². The number of aliphatic hydroxyl groups excluding tert-OH is 1. The minimum Gasteiger partial charge on any atom is -0.390 e. The monoisotopic (exact) mass is 360 g/mol. The summed E-state index contributed by atoms with van der Waals surface area (Å²) in [6.07, 6.45) is -3.57. The lowest BCUT2D eigenvalue weighted by Gasteiger charge is -2.08. The van der Waals surface area contributed by atoms with Gasteiger partial charge in [0.1, 0.15) is 5.65 Å². The number of halogens is 5. The molecule has 2 aromatic heterocycles. The summed E-state index contributed by atoms with van der Waals surface area (Å²) in [6.45, 7) is -0.474. The van der Waals surface area contributed by atoms with Crippen molar-refractivity contribution < 1.29 is 18.3 Å². The lowest BCUT2D eigenvalue weighted by Crippen LogP contribution is -2.07. The molecule has 2 heterocycles. The van der Waals surface area contributed by atoms with Crippen molar-refractivity contribution in [1.82, 2.24) is 9.38 Å². The molecule has 120 valence electrons. The van der Waals surface area contributed by atoms with E-state index in [9.17, 15) is 18.3 Å². The first-order chi connectivity index (χ1) is 10.8. The topological polar surface area (TPSA) is 37.5 Å². The number of alkyl halides is 3. The van der Waals surface area contributed by atoms with E-state index < -0.39 is 18.3 Å². The molecule has 0 radical (unpaired) electrons. The second kappa shape index (κ2) is 5.70. The maximum Gasteiger partial charge on any atom is 0.417 e. The van der Waals surface area contributed by atoms with E-state index in [1.54, 1.807) is 18.2 Å². The summed E-state index contributed by atoms with van der Waals surface area (Å²) >= 11 is 11.8. The van der Waals surface area contributed by atoms with Gasteiger partial charge in [-0.05, 0) is 24.3 Å². The van der Waals surface area contributed by atoms with Gasteiger partial charge in [0.15, 0.2) is 0 Å². The molecule has 23 heavy (non-hydrogen) atoms. The Balaban J connectivity index is 2.23. The molecule has 0 saturated carbocycles. The fourth-order valence-corrected chi connectivity index (χ4v) is 2.58. The maximum atomic E-state index is 12.9. The van der Waals surface area contributed by atoms with Crippen LogP contribution in [0.25, 0.3) is 16.9 Å². The zero-order valence-electron chi connectivity index (χ0n) is 11.4. The number of imidazole rings is 1. The van der Waals surface area contributed by atoms with E-state index in [0.717, 1.165) is 12.3 Å². The highest BCUT2D eigenvalue weighted by molar-refractivity contribution is 6.42. The number of fused-ring (bicyclic) bond motifs is 1. The first kappa shape index (κ1) is 16.1. The van der Waals surface area contributed by atoms with Crippen LogP contribution in [0.2, 0.25) is 10.0 Å². The zero-order valence-corrected chi connectivity index (χ0v) is 12.9. The van der Waals surface area contributed by atoms with Crippen molar-refractivity contribution >= 4 is 28.8 Å². The Labute approximate surface area is 138 Å². The highest BCUT2D eigenvalue weighted by Crippen LogP contribution is 2.33. The van der Waals surface area contributed by atoms with Crippen molar-refractivity contribution in [3.8, 4) is 11.3 Å². The molecular formula is C15H9Cl2F3N2O. The molecule has 0 spiro atoms. The van der Waals surface area contributed by atoms with Crippen molar-refractivity contribution in [1.29, 1.82) is 0 Å². The van der Waals surface area contributed by atoms with E-state index in [-0.39, 0.29) is 5.69 Å². The Morgan fingerprint density at radius 1 is 1.09 bits per heavy atom. The summed E-state index contributed by atoms with van der Waals surface area (Å²) in [4.78, 5) is 4.28. The predicted molar refractivity (Wildman–Crippen MR) is 81.6 cm³/mol. The Morgan fingerprint density at radius 2 is 1.83 bits per heavy atom. The molecule has 0 aliphatic carbocycles. The number of aromatic nitrogens is 2. The largest absolute Gasteiger partial charge is 0.417 e. The Kier molecular flexibility index (Phi) is 4.00. The standard InChI is InChI=1S/C15H9Cl2F3N2O/c16-10-3-1-8(5-11(10)17)14-12(7-23)22-6-9(15(18,19)20)2-4-13(22)21-14/h1-6,23H,7H2. The van der Waals surface area contributed by atoms with Gasteiger partial charge in [-0.3, -0.25) is 0 Å². The minimum atomic E-state index is -4.48. The van der Waals surface area contributed by atoms with E-state index in [1.807, 2.05) is 0 Å². The number of hydrogen-bond donors (Lipinski definition) is 1. The third-order valence-electron chi connectivity index (χ3n) is 3.39. The van der Waals surface area contributed by atoms with Crippen LogP contribution in [0.15, 0.2) is 36.5 Å². The smallest absolute Gasteiger partial charge is 0.390 e. The third kappa shape index (κ3) is 2.89. The zero-order chi connectivity index (χ0) is 16.8.